The van der Waals surface area contributed by atoms with E-state index in [9.17, 15) is 4.91 Å². The summed E-state index contributed by atoms with van der Waals surface area (Å²) in [6.07, 6.45) is 4.15. The normalized spacial score (nSPS) is 19.1. The van der Waals surface area contributed by atoms with Gasteiger partial charge in [-0.25, -0.2) is 0 Å². The van der Waals surface area contributed by atoms with Gasteiger partial charge in [0.25, 0.3) is 0 Å². The third-order valence-corrected chi connectivity index (χ3v) is 1.25. The Morgan fingerprint density at radius 2 is 1.78 bits per heavy atom. The Bertz CT molecular complexity index is 181. The molecule has 48 valence electrons. The molecule has 1 aliphatic rings. The molecule has 0 atom stereocenters. The molecule has 0 aromatic heterocycles. The lowest BCUT2D eigenvalue weighted by atomic mass is 10.1. The molecule has 1 heterocycles. The predicted octanol–water partition coefficient (Wildman–Crippen LogP) is 1.98. The van der Waals surface area contributed by atoms with Crippen LogP contribution in [0.25, 0.3) is 0 Å². The van der Waals surface area contributed by atoms with E-state index in [1.54, 1.807) is 12.4 Å². The number of allylic oxidation sites excluding steroid dienone is 2. The highest BCUT2D eigenvalue weighted by Gasteiger charge is 2.10. The lowest BCUT2D eigenvalue weighted by molar-refractivity contribution is -0.406. The Kier molecular flexibility index (Phi) is 1.47. The zero-order valence-corrected chi connectivity index (χ0v) is 5.72. The summed E-state index contributed by atoms with van der Waals surface area (Å²) in [5.74, 6) is 0. The molecular weight excluding hydrogens is 114 g/mol. The maximum atomic E-state index is 10.6. The molecule has 0 aliphatic carbocycles. The average Bonchev–Trinajstić information content (AvgIpc) is 1.59. The summed E-state index contributed by atoms with van der Waals surface area (Å²) in [7, 11) is 0. The molecular formula is C7H10NO+. The van der Waals surface area contributed by atoms with Gasteiger partial charge in [0.05, 0.1) is 4.76 Å². The van der Waals surface area contributed by atoms with Crippen molar-refractivity contribution < 1.29 is 4.76 Å². The lowest BCUT2D eigenvalue weighted by Gasteiger charge is -1.98. The number of nitrogens with zero attached hydrogens (tertiary/aromatic N) is 1. The molecule has 0 spiro atoms. The minimum atomic E-state index is 0.855. The van der Waals surface area contributed by atoms with Crippen LogP contribution in [-0.2, 0) is 0 Å². The fourth-order valence-electron chi connectivity index (χ4n) is 1.00. The van der Waals surface area contributed by atoms with Gasteiger partial charge in [-0.3, -0.25) is 0 Å². The summed E-state index contributed by atoms with van der Waals surface area (Å²) in [5.41, 5.74) is 2.26. The molecule has 2 heteroatoms. The van der Waals surface area contributed by atoms with Crippen molar-refractivity contribution in [2.45, 2.75) is 20.3 Å². The minimum absolute atomic E-state index is 0.855. The van der Waals surface area contributed by atoms with Gasteiger partial charge in [0, 0.05) is 11.3 Å². The van der Waals surface area contributed by atoms with Crippen molar-refractivity contribution in [2.24, 2.45) is 0 Å². The van der Waals surface area contributed by atoms with Crippen LogP contribution in [-0.4, -0.2) is 4.76 Å². The fourth-order valence-corrected chi connectivity index (χ4v) is 1.00. The standard InChI is InChI=1S/C7H10NO/c1-6-3-7(2)5-8(9)4-6/h4-5H,3H2,1-2H3/q+1. The van der Waals surface area contributed by atoms with Gasteiger partial charge in [0.15, 0.2) is 0 Å². The third-order valence-electron chi connectivity index (χ3n) is 1.25. The van der Waals surface area contributed by atoms with E-state index in [1.165, 1.54) is 0 Å². The first-order chi connectivity index (χ1) is 4.18. The minimum Gasteiger partial charge on any atom is -0.0372 e. The van der Waals surface area contributed by atoms with E-state index in [0.717, 1.165) is 22.3 Å². The summed E-state index contributed by atoms with van der Waals surface area (Å²) in [6, 6.07) is 0. The number of nitroso groups, excluding NO2 is 1. The van der Waals surface area contributed by atoms with Gasteiger partial charge < -0.3 is 0 Å². The van der Waals surface area contributed by atoms with Gasteiger partial charge in [-0.15, -0.1) is 0 Å². The van der Waals surface area contributed by atoms with Crippen LogP contribution in [0.1, 0.15) is 20.3 Å². The monoisotopic (exact) mass is 124 g/mol. The zero-order valence-electron chi connectivity index (χ0n) is 5.72. The Balaban J connectivity index is 2.81. The smallest absolute Gasteiger partial charge is 0.0372 e. The SMILES string of the molecule is CC1=C[N+](=O)C=C(C)C1. The van der Waals surface area contributed by atoms with E-state index in [0.29, 0.717) is 0 Å². The topological polar surface area (TPSA) is 20.1 Å². The summed E-state index contributed by atoms with van der Waals surface area (Å²) >= 11 is 0. The first-order valence-corrected chi connectivity index (χ1v) is 2.98. The van der Waals surface area contributed by atoms with Crippen LogP contribution in [0, 0.1) is 4.91 Å². The summed E-state index contributed by atoms with van der Waals surface area (Å²) < 4.78 is 0.855. The largest absolute Gasteiger partial charge is 0.226 e. The fraction of sp³-hybridized carbons (Fsp3) is 0.429. The van der Waals surface area contributed by atoms with Crippen molar-refractivity contribution in [3.05, 3.63) is 28.5 Å². The molecule has 0 aromatic rings. The molecule has 0 N–H and O–H groups in total. The van der Waals surface area contributed by atoms with Crippen LogP contribution in [0.2, 0.25) is 0 Å². The quantitative estimate of drug-likeness (QED) is 0.452. The summed E-state index contributed by atoms with van der Waals surface area (Å²) in [4.78, 5) is 10.6. The highest BCUT2D eigenvalue weighted by Crippen LogP contribution is 2.13. The molecule has 0 amide bonds. The Morgan fingerprint density at radius 3 is 2.11 bits per heavy atom. The molecule has 0 aromatic carbocycles. The maximum Gasteiger partial charge on any atom is 0.226 e. The van der Waals surface area contributed by atoms with Gasteiger partial charge in [-0.1, -0.05) is 0 Å². The van der Waals surface area contributed by atoms with E-state index in [2.05, 4.69) is 0 Å². The molecule has 0 unspecified atom stereocenters. The van der Waals surface area contributed by atoms with E-state index >= 15 is 0 Å². The number of hydrogen-bond acceptors (Lipinski definition) is 1. The summed E-state index contributed by atoms with van der Waals surface area (Å²) in [5, 5.41) is 0. The molecule has 0 radical (unpaired) electrons. The van der Waals surface area contributed by atoms with E-state index < -0.39 is 0 Å². The zero-order chi connectivity index (χ0) is 6.85. The Morgan fingerprint density at radius 1 is 1.33 bits per heavy atom. The van der Waals surface area contributed by atoms with Crippen LogP contribution in [0.4, 0.5) is 0 Å². The molecule has 2 nitrogen and oxygen atoms in total. The highest BCUT2D eigenvalue weighted by molar-refractivity contribution is 5.11. The summed E-state index contributed by atoms with van der Waals surface area (Å²) in [6.45, 7) is 3.92. The van der Waals surface area contributed by atoms with Crippen molar-refractivity contribution in [3.63, 3.8) is 0 Å². The van der Waals surface area contributed by atoms with Crippen molar-refractivity contribution in [2.75, 3.05) is 0 Å². The average molecular weight is 124 g/mol. The molecule has 0 fully saturated rings. The highest BCUT2D eigenvalue weighted by atomic mass is 16.3. The van der Waals surface area contributed by atoms with Crippen LogP contribution >= 0.6 is 0 Å². The van der Waals surface area contributed by atoms with Crippen LogP contribution in [0.15, 0.2) is 23.5 Å². The molecule has 0 saturated heterocycles. The number of hydrogen-bond donors (Lipinski definition) is 0. The second-order valence-electron chi connectivity index (χ2n) is 2.49. The van der Waals surface area contributed by atoms with Crippen LogP contribution in [0.3, 0.4) is 0 Å². The van der Waals surface area contributed by atoms with Gasteiger partial charge in [0.1, 0.15) is 0 Å². The lowest BCUT2D eigenvalue weighted by Crippen LogP contribution is -1.98. The van der Waals surface area contributed by atoms with Crippen LogP contribution in [0.5, 0.6) is 0 Å². The predicted molar refractivity (Wildman–Crippen MR) is 35.8 cm³/mol. The van der Waals surface area contributed by atoms with E-state index in [4.69, 9.17) is 0 Å². The van der Waals surface area contributed by atoms with Gasteiger partial charge in [0.2, 0.25) is 12.4 Å². The maximum absolute atomic E-state index is 10.6. The van der Waals surface area contributed by atoms with Crippen molar-refractivity contribution in [1.29, 1.82) is 0 Å². The van der Waals surface area contributed by atoms with Gasteiger partial charge in [-0.05, 0) is 25.0 Å². The first kappa shape index (κ1) is 6.20. The molecule has 9 heavy (non-hydrogen) atoms. The Labute approximate surface area is 54.4 Å². The molecule has 0 saturated carbocycles. The van der Waals surface area contributed by atoms with Gasteiger partial charge >= 0.3 is 0 Å². The third kappa shape index (κ3) is 1.49. The second-order valence-corrected chi connectivity index (χ2v) is 2.49. The Hall–Kier alpha value is -0.920. The first-order valence-electron chi connectivity index (χ1n) is 2.98. The van der Waals surface area contributed by atoms with Crippen molar-refractivity contribution in [3.8, 4) is 0 Å². The van der Waals surface area contributed by atoms with Gasteiger partial charge in [-0.2, -0.15) is 0 Å². The van der Waals surface area contributed by atoms with E-state index in [-0.39, 0.29) is 0 Å². The molecule has 0 bridgehead atoms. The van der Waals surface area contributed by atoms with E-state index in [1.807, 2.05) is 13.8 Å². The second kappa shape index (κ2) is 2.13. The van der Waals surface area contributed by atoms with Crippen LogP contribution < -0.4 is 0 Å². The molecule has 1 aliphatic heterocycles. The molecule has 1 rings (SSSR count). The van der Waals surface area contributed by atoms with Crippen molar-refractivity contribution >= 4 is 0 Å². The van der Waals surface area contributed by atoms with Crippen molar-refractivity contribution in [1.82, 2.24) is 0 Å². The number of rotatable bonds is 0.